The number of likely N-dealkylation sites (tertiary alicyclic amines) is 1. The summed E-state index contributed by atoms with van der Waals surface area (Å²) in [5, 5.41) is 9.03. The highest BCUT2D eigenvalue weighted by molar-refractivity contribution is 5.84. The third kappa shape index (κ3) is 2.60. The maximum absolute atomic E-state index is 12.1. The van der Waals surface area contributed by atoms with Gasteiger partial charge in [0.25, 0.3) is 0 Å². The average molecular weight is 240 g/mol. The maximum atomic E-state index is 12.1. The number of rotatable bonds is 3. The molecule has 3 N–H and O–H groups in total. The minimum absolute atomic E-state index is 0.0840. The molecular weight excluding hydrogens is 220 g/mol. The molecule has 0 radical (unpaired) electrons. The van der Waals surface area contributed by atoms with Crippen molar-refractivity contribution >= 4 is 11.9 Å². The van der Waals surface area contributed by atoms with Gasteiger partial charge in [-0.15, -0.1) is 0 Å². The van der Waals surface area contributed by atoms with Gasteiger partial charge in [0.2, 0.25) is 5.91 Å². The lowest BCUT2D eigenvalue weighted by Crippen LogP contribution is -2.46. The van der Waals surface area contributed by atoms with Crippen molar-refractivity contribution < 1.29 is 14.7 Å². The van der Waals surface area contributed by atoms with E-state index in [0.29, 0.717) is 19.4 Å². The molecule has 2 aliphatic rings. The molecule has 2 fully saturated rings. The van der Waals surface area contributed by atoms with Gasteiger partial charge < -0.3 is 15.7 Å². The molecule has 1 atom stereocenters. The summed E-state index contributed by atoms with van der Waals surface area (Å²) in [7, 11) is 0. The van der Waals surface area contributed by atoms with Crippen LogP contribution in [0.25, 0.3) is 0 Å². The first-order valence-electron chi connectivity index (χ1n) is 6.33. The number of nitrogens with two attached hydrogens (primary N) is 1. The van der Waals surface area contributed by atoms with E-state index in [1.165, 1.54) is 4.90 Å². The molecule has 0 aromatic carbocycles. The normalized spacial score (nSPS) is 27.4. The van der Waals surface area contributed by atoms with Gasteiger partial charge in [-0.2, -0.15) is 0 Å². The second-order valence-corrected chi connectivity index (χ2v) is 5.33. The van der Waals surface area contributed by atoms with E-state index in [0.717, 1.165) is 32.1 Å². The van der Waals surface area contributed by atoms with E-state index in [1.54, 1.807) is 0 Å². The Morgan fingerprint density at radius 3 is 2.53 bits per heavy atom. The number of hydrogen-bond donors (Lipinski definition) is 2. The number of carboxylic acids is 1. The first-order valence-corrected chi connectivity index (χ1v) is 6.33. The zero-order valence-corrected chi connectivity index (χ0v) is 10.0. The summed E-state index contributed by atoms with van der Waals surface area (Å²) in [5.41, 5.74) is 5.77. The second-order valence-electron chi connectivity index (χ2n) is 5.33. The zero-order valence-electron chi connectivity index (χ0n) is 10.0. The topological polar surface area (TPSA) is 83.6 Å². The van der Waals surface area contributed by atoms with Crippen molar-refractivity contribution in [2.24, 2.45) is 5.73 Å². The van der Waals surface area contributed by atoms with Crippen molar-refractivity contribution in [3.8, 4) is 0 Å². The van der Waals surface area contributed by atoms with Crippen LogP contribution in [0.15, 0.2) is 0 Å². The van der Waals surface area contributed by atoms with Gasteiger partial charge in [-0.1, -0.05) is 12.8 Å². The molecule has 1 aliphatic carbocycles. The van der Waals surface area contributed by atoms with E-state index in [9.17, 15) is 9.59 Å². The Morgan fingerprint density at radius 1 is 1.29 bits per heavy atom. The Balaban J connectivity index is 1.97. The first-order chi connectivity index (χ1) is 8.02. The summed E-state index contributed by atoms with van der Waals surface area (Å²) in [5.74, 6) is -0.979. The fraction of sp³-hybridized carbons (Fsp3) is 0.833. The summed E-state index contributed by atoms with van der Waals surface area (Å²) >= 11 is 0. The van der Waals surface area contributed by atoms with Crippen molar-refractivity contribution in [3.05, 3.63) is 0 Å². The highest BCUT2D eigenvalue weighted by Gasteiger charge is 2.38. The molecular formula is C12H20N2O3. The molecule has 5 nitrogen and oxygen atoms in total. The number of carbonyl (C=O) groups is 2. The number of carbonyl (C=O) groups excluding carboxylic acids is 1. The average Bonchev–Trinajstić information content (AvgIpc) is 2.85. The van der Waals surface area contributed by atoms with Crippen molar-refractivity contribution in [2.45, 2.75) is 56.5 Å². The van der Waals surface area contributed by atoms with Crippen LogP contribution in [0.5, 0.6) is 0 Å². The van der Waals surface area contributed by atoms with E-state index in [4.69, 9.17) is 10.8 Å². The van der Waals surface area contributed by atoms with Crippen LogP contribution in [0, 0.1) is 0 Å². The summed E-state index contributed by atoms with van der Waals surface area (Å²) in [6.07, 6.45) is 5.56. The van der Waals surface area contributed by atoms with Crippen LogP contribution in [-0.2, 0) is 9.59 Å². The Labute approximate surface area is 101 Å². The van der Waals surface area contributed by atoms with Gasteiger partial charge in [-0.3, -0.25) is 4.79 Å². The van der Waals surface area contributed by atoms with E-state index >= 15 is 0 Å². The Morgan fingerprint density at radius 2 is 1.94 bits per heavy atom. The Kier molecular flexibility index (Phi) is 3.38. The van der Waals surface area contributed by atoms with E-state index in [1.807, 2.05) is 0 Å². The number of hydrogen-bond acceptors (Lipinski definition) is 3. The van der Waals surface area contributed by atoms with Gasteiger partial charge in [0, 0.05) is 18.5 Å². The summed E-state index contributed by atoms with van der Waals surface area (Å²) < 4.78 is 0. The van der Waals surface area contributed by atoms with Crippen LogP contribution < -0.4 is 5.73 Å². The lowest BCUT2D eigenvalue weighted by Gasteiger charge is -2.28. The molecule has 1 saturated carbocycles. The zero-order chi connectivity index (χ0) is 12.5. The molecule has 5 heteroatoms. The minimum atomic E-state index is -0.895. The molecule has 17 heavy (non-hydrogen) atoms. The van der Waals surface area contributed by atoms with Gasteiger partial charge in [0.1, 0.15) is 6.04 Å². The van der Waals surface area contributed by atoms with E-state index in [-0.39, 0.29) is 11.4 Å². The fourth-order valence-corrected chi connectivity index (χ4v) is 2.98. The summed E-state index contributed by atoms with van der Waals surface area (Å²) in [6.45, 7) is 0.561. The molecule has 0 unspecified atom stereocenters. The van der Waals surface area contributed by atoms with Crippen LogP contribution in [0.1, 0.15) is 44.9 Å². The monoisotopic (exact) mass is 240 g/mol. The third-order valence-electron chi connectivity index (χ3n) is 3.96. The molecule has 0 aromatic rings. The highest BCUT2D eigenvalue weighted by atomic mass is 16.4. The van der Waals surface area contributed by atoms with Crippen LogP contribution in [-0.4, -0.2) is 40.0 Å². The predicted molar refractivity (Wildman–Crippen MR) is 62.4 cm³/mol. The highest BCUT2D eigenvalue weighted by Crippen LogP contribution is 2.31. The minimum Gasteiger partial charge on any atom is -0.480 e. The van der Waals surface area contributed by atoms with Crippen molar-refractivity contribution in [2.75, 3.05) is 6.54 Å². The SMILES string of the molecule is NC1(CC(=O)N2CCC[C@@H]2C(=O)O)CCCC1. The molecule has 0 spiro atoms. The van der Waals surface area contributed by atoms with Crippen LogP contribution >= 0.6 is 0 Å². The molecule has 96 valence electrons. The van der Waals surface area contributed by atoms with Crippen molar-refractivity contribution in [1.82, 2.24) is 4.90 Å². The lowest BCUT2D eigenvalue weighted by molar-refractivity contribution is -0.148. The molecule has 1 saturated heterocycles. The van der Waals surface area contributed by atoms with Crippen LogP contribution in [0.2, 0.25) is 0 Å². The quantitative estimate of drug-likeness (QED) is 0.761. The predicted octanol–water partition coefficient (Wildman–Crippen LogP) is 0.724. The van der Waals surface area contributed by atoms with Crippen LogP contribution in [0.3, 0.4) is 0 Å². The number of nitrogens with zero attached hydrogens (tertiary/aromatic N) is 1. The molecule has 0 bridgehead atoms. The molecule has 1 aliphatic heterocycles. The van der Waals surface area contributed by atoms with Gasteiger partial charge >= 0.3 is 5.97 Å². The summed E-state index contributed by atoms with van der Waals surface area (Å²) in [6, 6.07) is -0.632. The molecule has 1 amide bonds. The lowest BCUT2D eigenvalue weighted by atomic mass is 9.94. The maximum Gasteiger partial charge on any atom is 0.326 e. The van der Waals surface area contributed by atoms with Crippen molar-refractivity contribution in [1.29, 1.82) is 0 Å². The van der Waals surface area contributed by atoms with E-state index in [2.05, 4.69) is 0 Å². The fourth-order valence-electron chi connectivity index (χ4n) is 2.98. The van der Waals surface area contributed by atoms with Gasteiger partial charge in [-0.25, -0.2) is 4.79 Å². The smallest absolute Gasteiger partial charge is 0.326 e. The van der Waals surface area contributed by atoms with Gasteiger partial charge in [-0.05, 0) is 25.7 Å². The number of aliphatic carboxylic acids is 1. The van der Waals surface area contributed by atoms with Gasteiger partial charge in [0.15, 0.2) is 0 Å². The number of amides is 1. The van der Waals surface area contributed by atoms with Crippen molar-refractivity contribution in [3.63, 3.8) is 0 Å². The standard InChI is InChI=1S/C12H20N2O3/c13-12(5-1-2-6-12)8-10(15)14-7-3-4-9(14)11(16)17/h9H,1-8,13H2,(H,16,17)/t9-/m1/s1. The Hall–Kier alpha value is -1.10. The first kappa shape index (κ1) is 12.4. The second kappa shape index (κ2) is 4.64. The number of carboxylic acid groups (broad SMARTS) is 1. The molecule has 1 heterocycles. The van der Waals surface area contributed by atoms with Crippen LogP contribution in [0.4, 0.5) is 0 Å². The molecule has 0 aromatic heterocycles. The summed E-state index contributed by atoms with van der Waals surface area (Å²) in [4.78, 5) is 24.6. The molecule has 2 rings (SSSR count). The Bertz CT molecular complexity index is 324. The largest absolute Gasteiger partial charge is 0.480 e. The van der Waals surface area contributed by atoms with E-state index < -0.39 is 12.0 Å². The van der Waals surface area contributed by atoms with Gasteiger partial charge in [0.05, 0.1) is 0 Å². The third-order valence-corrected chi connectivity index (χ3v) is 3.96.